The smallest absolute Gasteiger partial charge is 0.156 e. The summed E-state index contributed by atoms with van der Waals surface area (Å²) in [6.07, 6.45) is 5.24. The van der Waals surface area contributed by atoms with Crippen molar-refractivity contribution >= 4 is 11.1 Å². The lowest BCUT2D eigenvalue weighted by atomic mass is 10.3. The summed E-state index contributed by atoms with van der Waals surface area (Å²) in [5.74, 6) is 2.30. The molecule has 0 aromatic rings. The van der Waals surface area contributed by atoms with Gasteiger partial charge >= 0.3 is 0 Å². The maximum Gasteiger partial charge on any atom is 0.156 e. The summed E-state index contributed by atoms with van der Waals surface area (Å²) in [5.41, 5.74) is 0. The molecule has 2 nitrogen and oxygen atoms in total. The Hall–Kier alpha value is -0.330. The predicted molar refractivity (Wildman–Crippen MR) is 33.7 cm³/mol. The molecule has 1 N–H and O–H groups in total. The molecule has 46 valence electrons. The van der Waals surface area contributed by atoms with Gasteiger partial charge in [-0.05, 0) is 6.92 Å². The molecule has 0 rings (SSSR count). The van der Waals surface area contributed by atoms with Gasteiger partial charge in [-0.25, -0.2) is 4.21 Å². The van der Waals surface area contributed by atoms with Crippen molar-refractivity contribution in [2.45, 2.75) is 18.6 Å². The first kappa shape index (κ1) is 7.67. The van der Waals surface area contributed by atoms with Crippen LogP contribution in [0, 0.1) is 12.3 Å². The quantitative estimate of drug-likeness (QED) is 0.441. The van der Waals surface area contributed by atoms with Crippen LogP contribution in [0.2, 0.25) is 0 Å². The summed E-state index contributed by atoms with van der Waals surface area (Å²) in [5, 5.41) is -0.292. The topological polar surface area (TPSA) is 37.3 Å². The molecule has 0 aliphatic rings. The average molecular weight is 132 g/mol. The highest BCUT2D eigenvalue weighted by Gasteiger charge is 2.03. The van der Waals surface area contributed by atoms with Crippen LogP contribution < -0.4 is 0 Å². The summed E-state index contributed by atoms with van der Waals surface area (Å²) < 4.78 is 18.4. The van der Waals surface area contributed by atoms with Gasteiger partial charge in [-0.3, -0.25) is 0 Å². The van der Waals surface area contributed by atoms with E-state index in [2.05, 4.69) is 5.92 Å². The Morgan fingerprint density at radius 3 is 2.62 bits per heavy atom. The highest BCUT2D eigenvalue weighted by atomic mass is 32.2. The zero-order valence-corrected chi connectivity index (χ0v) is 5.44. The van der Waals surface area contributed by atoms with Gasteiger partial charge in [0.25, 0.3) is 0 Å². The zero-order chi connectivity index (χ0) is 6.57. The van der Waals surface area contributed by atoms with Crippen molar-refractivity contribution in [1.82, 2.24) is 0 Å². The Morgan fingerprint density at radius 1 is 2.00 bits per heavy atom. The Balaban J connectivity index is 3.52. The number of hydrogen-bond acceptors (Lipinski definition) is 1. The van der Waals surface area contributed by atoms with Gasteiger partial charge in [-0.1, -0.05) is 0 Å². The SMILES string of the molecule is C#CCC(C)S(=O)O. The fraction of sp³-hybridized carbons (Fsp3) is 0.600. The van der Waals surface area contributed by atoms with E-state index in [9.17, 15) is 4.21 Å². The van der Waals surface area contributed by atoms with Crippen LogP contribution in [0.5, 0.6) is 0 Å². The molecular formula is C5H8O2S. The largest absolute Gasteiger partial charge is 0.306 e. The van der Waals surface area contributed by atoms with E-state index in [1.807, 2.05) is 0 Å². The highest BCUT2D eigenvalue weighted by Crippen LogP contribution is 1.95. The second-order valence-corrected chi connectivity index (χ2v) is 2.85. The normalized spacial score (nSPS) is 16.6. The van der Waals surface area contributed by atoms with Gasteiger partial charge < -0.3 is 4.55 Å². The molecule has 0 radical (unpaired) electrons. The first-order valence-corrected chi connectivity index (χ1v) is 3.38. The van der Waals surface area contributed by atoms with Crippen LogP contribution in [0.25, 0.3) is 0 Å². The molecule has 0 aromatic carbocycles. The van der Waals surface area contributed by atoms with E-state index in [1.165, 1.54) is 0 Å². The molecule has 0 aromatic heterocycles. The van der Waals surface area contributed by atoms with Crippen LogP contribution in [0.4, 0.5) is 0 Å². The standard InChI is InChI=1S/C5H8O2S/c1-3-4-5(2)8(6)7/h1,5H,4H2,2H3,(H,6,7). The Labute approximate surface area is 51.6 Å². The van der Waals surface area contributed by atoms with Crippen LogP contribution >= 0.6 is 0 Å². The molecular weight excluding hydrogens is 124 g/mol. The van der Waals surface area contributed by atoms with Crippen LogP contribution in [0.15, 0.2) is 0 Å². The van der Waals surface area contributed by atoms with Gasteiger partial charge in [0.1, 0.15) is 0 Å². The van der Waals surface area contributed by atoms with Crippen molar-refractivity contribution in [2.24, 2.45) is 0 Å². The molecule has 2 unspecified atom stereocenters. The van der Waals surface area contributed by atoms with E-state index < -0.39 is 11.1 Å². The van der Waals surface area contributed by atoms with E-state index in [4.69, 9.17) is 11.0 Å². The Kier molecular flexibility index (Phi) is 3.49. The van der Waals surface area contributed by atoms with E-state index in [-0.39, 0.29) is 5.25 Å². The highest BCUT2D eigenvalue weighted by molar-refractivity contribution is 7.79. The summed E-state index contributed by atoms with van der Waals surface area (Å²) in [6.45, 7) is 1.63. The molecule has 0 bridgehead atoms. The Morgan fingerprint density at radius 2 is 2.50 bits per heavy atom. The van der Waals surface area contributed by atoms with Crippen molar-refractivity contribution in [1.29, 1.82) is 0 Å². The van der Waals surface area contributed by atoms with Crippen molar-refractivity contribution < 1.29 is 8.76 Å². The molecule has 0 amide bonds. The zero-order valence-electron chi connectivity index (χ0n) is 4.63. The van der Waals surface area contributed by atoms with Gasteiger partial charge in [0.05, 0.1) is 5.25 Å². The van der Waals surface area contributed by atoms with E-state index in [0.29, 0.717) is 6.42 Å². The van der Waals surface area contributed by atoms with Crippen molar-refractivity contribution in [3.8, 4) is 12.3 Å². The first-order chi connectivity index (χ1) is 3.68. The summed E-state index contributed by atoms with van der Waals surface area (Å²) in [7, 11) is 0. The molecule has 0 saturated heterocycles. The summed E-state index contributed by atoms with van der Waals surface area (Å²) in [6, 6.07) is 0. The maximum atomic E-state index is 10.1. The molecule has 0 heterocycles. The van der Waals surface area contributed by atoms with Crippen molar-refractivity contribution in [3.05, 3.63) is 0 Å². The van der Waals surface area contributed by atoms with Crippen molar-refractivity contribution in [2.75, 3.05) is 0 Å². The third-order valence-corrected chi connectivity index (χ3v) is 1.60. The average Bonchev–Trinajstić information content (AvgIpc) is 1.67. The van der Waals surface area contributed by atoms with Gasteiger partial charge in [-0.2, -0.15) is 0 Å². The summed E-state index contributed by atoms with van der Waals surface area (Å²) >= 11 is -1.75. The Bertz CT molecular complexity index is 125. The van der Waals surface area contributed by atoms with Crippen LogP contribution in [0.3, 0.4) is 0 Å². The lowest BCUT2D eigenvalue weighted by Gasteiger charge is -1.97. The molecule has 0 aliphatic heterocycles. The number of terminal acetylenes is 1. The van der Waals surface area contributed by atoms with E-state index in [0.717, 1.165) is 0 Å². The number of rotatable bonds is 2. The minimum atomic E-state index is -1.75. The molecule has 2 atom stereocenters. The van der Waals surface area contributed by atoms with Gasteiger partial charge in [0.2, 0.25) is 0 Å². The van der Waals surface area contributed by atoms with Gasteiger partial charge in [0.15, 0.2) is 11.1 Å². The third kappa shape index (κ3) is 2.78. The fourth-order valence-corrected chi connectivity index (χ4v) is 0.476. The molecule has 3 heteroatoms. The molecule has 0 aliphatic carbocycles. The third-order valence-electron chi connectivity index (χ3n) is 0.750. The second kappa shape index (κ2) is 3.65. The molecule has 0 saturated carbocycles. The fourth-order valence-electron chi connectivity index (χ4n) is 0.237. The molecule has 8 heavy (non-hydrogen) atoms. The van der Waals surface area contributed by atoms with Gasteiger partial charge in [0, 0.05) is 6.42 Å². The van der Waals surface area contributed by atoms with Crippen molar-refractivity contribution in [3.63, 3.8) is 0 Å². The van der Waals surface area contributed by atoms with E-state index in [1.54, 1.807) is 6.92 Å². The molecule has 0 fully saturated rings. The maximum absolute atomic E-state index is 10.1. The van der Waals surface area contributed by atoms with Gasteiger partial charge in [-0.15, -0.1) is 12.3 Å². The predicted octanol–water partition coefficient (Wildman–Crippen LogP) is 0.620. The minimum absolute atomic E-state index is 0.292. The van der Waals surface area contributed by atoms with Crippen LogP contribution in [0.1, 0.15) is 13.3 Å². The monoisotopic (exact) mass is 132 g/mol. The van der Waals surface area contributed by atoms with Crippen LogP contribution in [-0.4, -0.2) is 14.0 Å². The molecule has 0 spiro atoms. The lowest BCUT2D eigenvalue weighted by molar-refractivity contribution is 0.552. The lowest BCUT2D eigenvalue weighted by Crippen LogP contribution is -2.07. The van der Waals surface area contributed by atoms with E-state index >= 15 is 0 Å². The summed E-state index contributed by atoms with van der Waals surface area (Å²) in [4.78, 5) is 0. The number of hydrogen-bond donors (Lipinski definition) is 1. The minimum Gasteiger partial charge on any atom is -0.306 e. The second-order valence-electron chi connectivity index (χ2n) is 1.50. The first-order valence-electron chi connectivity index (χ1n) is 2.21. The van der Waals surface area contributed by atoms with Crippen LogP contribution in [-0.2, 0) is 11.1 Å².